The highest BCUT2D eigenvalue weighted by Crippen LogP contribution is 2.25. The largest absolute Gasteiger partial charge is 0.393 e. The molecule has 0 aliphatic rings. The van der Waals surface area contributed by atoms with Crippen LogP contribution in [-0.4, -0.2) is 11.2 Å². The summed E-state index contributed by atoms with van der Waals surface area (Å²) in [6.45, 7) is 3.69. The van der Waals surface area contributed by atoms with Crippen molar-refractivity contribution < 1.29 is 5.11 Å². The first-order chi connectivity index (χ1) is 6.42. The van der Waals surface area contributed by atoms with Gasteiger partial charge in [0.25, 0.3) is 0 Å². The normalized spacial score (nSPS) is 17.5. The molecule has 3 N–H and O–H groups in total. The minimum Gasteiger partial charge on any atom is -0.393 e. The summed E-state index contributed by atoms with van der Waals surface area (Å²) in [6.07, 6.45) is 0.174. The van der Waals surface area contributed by atoms with Gasteiger partial charge in [-0.05, 0) is 38.0 Å². The second-order valence-corrected chi connectivity index (χ2v) is 4.90. The predicted octanol–water partition coefficient (Wildman–Crippen LogP) is 2.39. The molecule has 1 rings (SSSR count). The van der Waals surface area contributed by atoms with E-state index in [4.69, 9.17) is 5.73 Å². The van der Waals surface area contributed by atoms with Gasteiger partial charge >= 0.3 is 0 Å². The lowest BCUT2D eigenvalue weighted by Crippen LogP contribution is -2.36. The maximum atomic E-state index is 9.33. The Kier molecular flexibility index (Phi) is 3.70. The molecular formula is C11H16BrNO. The fourth-order valence-electron chi connectivity index (χ4n) is 1.58. The first-order valence-corrected chi connectivity index (χ1v) is 5.44. The number of aliphatic hydroxyl groups is 1. The molecule has 0 aliphatic heterocycles. The maximum absolute atomic E-state index is 9.33. The minimum absolute atomic E-state index is 0.385. The van der Waals surface area contributed by atoms with Crippen molar-refractivity contribution in [3.63, 3.8) is 0 Å². The van der Waals surface area contributed by atoms with Gasteiger partial charge in [0.15, 0.2) is 0 Å². The van der Waals surface area contributed by atoms with E-state index in [1.54, 1.807) is 6.92 Å². The molecule has 0 saturated heterocycles. The smallest absolute Gasteiger partial charge is 0.0532 e. The number of hydrogen-bond acceptors (Lipinski definition) is 2. The van der Waals surface area contributed by atoms with Gasteiger partial charge in [-0.25, -0.2) is 0 Å². The molecule has 0 aliphatic carbocycles. The van der Waals surface area contributed by atoms with E-state index in [-0.39, 0.29) is 6.10 Å². The van der Waals surface area contributed by atoms with Crippen LogP contribution in [0.3, 0.4) is 0 Å². The maximum Gasteiger partial charge on any atom is 0.0532 e. The Morgan fingerprint density at radius 3 is 2.71 bits per heavy atom. The molecule has 0 heterocycles. The lowest BCUT2D eigenvalue weighted by molar-refractivity contribution is 0.153. The first kappa shape index (κ1) is 11.7. The molecule has 3 heteroatoms. The van der Waals surface area contributed by atoms with Gasteiger partial charge in [-0.1, -0.05) is 28.1 Å². The van der Waals surface area contributed by atoms with E-state index in [0.29, 0.717) is 6.42 Å². The zero-order valence-electron chi connectivity index (χ0n) is 8.50. The highest BCUT2D eigenvalue weighted by Gasteiger charge is 2.23. The van der Waals surface area contributed by atoms with E-state index in [1.807, 2.05) is 31.2 Å². The summed E-state index contributed by atoms with van der Waals surface area (Å²) in [5.41, 5.74) is 6.69. The van der Waals surface area contributed by atoms with Gasteiger partial charge < -0.3 is 10.8 Å². The van der Waals surface area contributed by atoms with Gasteiger partial charge in [-0.2, -0.15) is 0 Å². The van der Waals surface area contributed by atoms with E-state index in [9.17, 15) is 5.11 Å². The standard InChI is InChI=1S/C11H16BrNO/c1-8(14)7-11(2,13)9-4-3-5-10(12)6-9/h3-6,8,14H,7,13H2,1-2H3/t8-,11?/m0/s1. The Balaban J connectivity index is 2.91. The summed E-state index contributed by atoms with van der Waals surface area (Å²) < 4.78 is 1.01. The Morgan fingerprint density at radius 2 is 2.21 bits per heavy atom. The summed E-state index contributed by atoms with van der Waals surface area (Å²) in [5, 5.41) is 9.33. The molecule has 0 radical (unpaired) electrons. The third-order valence-electron chi connectivity index (χ3n) is 2.20. The van der Waals surface area contributed by atoms with Crippen LogP contribution in [0.2, 0.25) is 0 Å². The number of nitrogens with two attached hydrogens (primary N) is 1. The second kappa shape index (κ2) is 4.43. The summed E-state index contributed by atoms with van der Waals surface area (Å²) in [4.78, 5) is 0. The number of hydrogen-bond donors (Lipinski definition) is 2. The van der Waals surface area contributed by atoms with E-state index in [1.165, 1.54) is 0 Å². The lowest BCUT2D eigenvalue weighted by Gasteiger charge is -2.26. The van der Waals surface area contributed by atoms with Crippen molar-refractivity contribution in [2.24, 2.45) is 5.73 Å². The van der Waals surface area contributed by atoms with Crippen molar-refractivity contribution in [2.45, 2.75) is 31.9 Å². The molecule has 0 fully saturated rings. The molecule has 14 heavy (non-hydrogen) atoms. The second-order valence-electron chi connectivity index (χ2n) is 3.98. The van der Waals surface area contributed by atoms with Crippen LogP contribution in [0.25, 0.3) is 0 Å². The summed E-state index contributed by atoms with van der Waals surface area (Å²) in [5.74, 6) is 0. The van der Waals surface area contributed by atoms with Crippen LogP contribution in [0.5, 0.6) is 0 Å². The van der Waals surface area contributed by atoms with E-state index >= 15 is 0 Å². The Hall–Kier alpha value is -0.380. The van der Waals surface area contributed by atoms with Crippen molar-refractivity contribution in [1.82, 2.24) is 0 Å². The summed E-state index contributed by atoms with van der Waals surface area (Å²) in [7, 11) is 0. The zero-order valence-corrected chi connectivity index (χ0v) is 10.1. The topological polar surface area (TPSA) is 46.2 Å². The van der Waals surface area contributed by atoms with Crippen LogP contribution >= 0.6 is 15.9 Å². The summed E-state index contributed by atoms with van der Waals surface area (Å²) in [6, 6.07) is 7.88. The summed E-state index contributed by atoms with van der Waals surface area (Å²) >= 11 is 3.40. The van der Waals surface area contributed by atoms with Crippen LogP contribution in [0.4, 0.5) is 0 Å². The minimum atomic E-state index is -0.474. The third-order valence-corrected chi connectivity index (χ3v) is 2.70. The first-order valence-electron chi connectivity index (χ1n) is 4.65. The van der Waals surface area contributed by atoms with E-state index < -0.39 is 5.54 Å². The Morgan fingerprint density at radius 1 is 1.57 bits per heavy atom. The highest BCUT2D eigenvalue weighted by molar-refractivity contribution is 9.10. The molecule has 0 amide bonds. The molecule has 1 unspecified atom stereocenters. The van der Waals surface area contributed by atoms with Gasteiger partial charge in [-0.15, -0.1) is 0 Å². The SMILES string of the molecule is C[C@H](O)CC(C)(N)c1cccc(Br)c1. The van der Waals surface area contributed by atoms with Crippen LogP contribution < -0.4 is 5.73 Å². The Bertz CT molecular complexity index is 310. The van der Waals surface area contributed by atoms with Gasteiger partial charge in [0.1, 0.15) is 0 Å². The molecule has 2 atom stereocenters. The monoisotopic (exact) mass is 257 g/mol. The molecule has 1 aromatic rings. The molecule has 0 saturated carbocycles. The number of aliphatic hydroxyl groups excluding tert-OH is 1. The number of benzene rings is 1. The van der Waals surface area contributed by atoms with Crippen molar-refractivity contribution in [3.8, 4) is 0 Å². The fourth-order valence-corrected chi connectivity index (χ4v) is 1.97. The van der Waals surface area contributed by atoms with E-state index in [0.717, 1.165) is 10.0 Å². The average molecular weight is 258 g/mol. The molecular weight excluding hydrogens is 242 g/mol. The van der Waals surface area contributed by atoms with Crippen molar-refractivity contribution in [2.75, 3.05) is 0 Å². The van der Waals surface area contributed by atoms with Crippen LogP contribution in [0, 0.1) is 0 Å². The molecule has 78 valence electrons. The Labute approximate surface area is 93.3 Å². The van der Waals surface area contributed by atoms with Gasteiger partial charge in [-0.3, -0.25) is 0 Å². The lowest BCUT2D eigenvalue weighted by atomic mass is 9.88. The van der Waals surface area contributed by atoms with E-state index in [2.05, 4.69) is 15.9 Å². The van der Waals surface area contributed by atoms with Crippen LogP contribution in [-0.2, 0) is 5.54 Å². The van der Waals surface area contributed by atoms with Gasteiger partial charge in [0, 0.05) is 10.0 Å². The van der Waals surface area contributed by atoms with Crippen molar-refractivity contribution in [1.29, 1.82) is 0 Å². The zero-order chi connectivity index (χ0) is 10.8. The fraction of sp³-hybridized carbons (Fsp3) is 0.455. The van der Waals surface area contributed by atoms with Crippen molar-refractivity contribution in [3.05, 3.63) is 34.3 Å². The molecule has 1 aromatic carbocycles. The van der Waals surface area contributed by atoms with Gasteiger partial charge in [0.05, 0.1) is 6.10 Å². The number of halogens is 1. The van der Waals surface area contributed by atoms with Crippen LogP contribution in [0.15, 0.2) is 28.7 Å². The third kappa shape index (κ3) is 3.08. The average Bonchev–Trinajstić information content (AvgIpc) is 2.01. The van der Waals surface area contributed by atoms with Crippen LogP contribution in [0.1, 0.15) is 25.8 Å². The molecule has 0 spiro atoms. The molecule has 0 bridgehead atoms. The number of rotatable bonds is 3. The quantitative estimate of drug-likeness (QED) is 0.874. The van der Waals surface area contributed by atoms with Crippen molar-refractivity contribution >= 4 is 15.9 Å². The molecule has 0 aromatic heterocycles. The van der Waals surface area contributed by atoms with Gasteiger partial charge in [0.2, 0.25) is 0 Å². The predicted molar refractivity (Wildman–Crippen MR) is 62.0 cm³/mol. The molecule has 2 nitrogen and oxygen atoms in total. The highest BCUT2D eigenvalue weighted by atomic mass is 79.9.